The molecule has 112 valence electrons. The summed E-state index contributed by atoms with van der Waals surface area (Å²) in [6.45, 7) is 2.25. The lowest BCUT2D eigenvalue weighted by Gasteiger charge is -2.08. The van der Waals surface area contributed by atoms with Crippen LogP contribution in [0.1, 0.15) is 5.56 Å². The molecule has 0 aliphatic heterocycles. The van der Waals surface area contributed by atoms with Crippen LogP contribution < -0.4 is 5.32 Å². The van der Waals surface area contributed by atoms with Crippen LogP contribution in [0.2, 0.25) is 10.0 Å². The van der Waals surface area contributed by atoms with E-state index in [2.05, 4.69) is 17.4 Å². The van der Waals surface area contributed by atoms with Gasteiger partial charge in [-0.1, -0.05) is 47.1 Å². The fraction of sp³-hybridized carbons (Fsp3) is 0.250. The normalized spacial score (nSPS) is 10.8. The van der Waals surface area contributed by atoms with Crippen LogP contribution in [0.25, 0.3) is 0 Å². The number of ether oxygens (including phenoxy) is 1. The molecule has 2 aromatic carbocycles. The summed E-state index contributed by atoms with van der Waals surface area (Å²) in [5, 5.41) is 4.80. The largest absolute Gasteiger partial charge is 0.383 e. The summed E-state index contributed by atoms with van der Waals surface area (Å²) >= 11 is 14.0. The predicted octanol–water partition coefficient (Wildman–Crippen LogP) is 4.88. The summed E-state index contributed by atoms with van der Waals surface area (Å²) in [6.07, 6.45) is 0. The summed E-state index contributed by atoms with van der Waals surface area (Å²) in [7, 11) is 1.69. The quantitative estimate of drug-likeness (QED) is 0.725. The van der Waals surface area contributed by atoms with Crippen LogP contribution in [0.15, 0.2) is 52.3 Å². The van der Waals surface area contributed by atoms with E-state index in [1.54, 1.807) is 18.9 Å². The summed E-state index contributed by atoms with van der Waals surface area (Å²) in [5.41, 5.74) is 1.09. The third kappa shape index (κ3) is 5.53. The molecule has 0 aliphatic carbocycles. The van der Waals surface area contributed by atoms with E-state index in [9.17, 15) is 0 Å². The lowest BCUT2D eigenvalue weighted by molar-refractivity contribution is 0.199. The maximum Gasteiger partial charge on any atom is 0.0587 e. The number of benzene rings is 2. The Hall–Kier alpha value is -0.710. The predicted molar refractivity (Wildman–Crippen MR) is 90.6 cm³/mol. The highest BCUT2D eigenvalue weighted by Gasteiger charge is 2.04. The van der Waals surface area contributed by atoms with Gasteiger partial charge in [-0.3, -0.25) is 0 Å². The molecule has 0 aromatic heterocycles. The summed E-state index contributed by atoms with van der Waals surface area (Å²) in [6, 6.07) is 13.9. The van der Waals surface area contributed by atoms with E-state index >= 15 is 0 Å². The molecule has 0 unspecified atom stereocenters. The first-order valence-electron chi connectivity index (χ1n) is 6.60. The maximum atomic E-state index is 6.33. The molecule has 1 N–H and O–H groups in total. The molecule has 0 heterocycles. The van der Waals surface area contributed by atoms with Crippen molar-refractivity contribution in [3.8, 4) is 0 Å². The van der Waals surface area contributed by atoms with Crippen molar-refractivity contribution in [1.82, 2.24) is 5.32 Å². The zero-order valence-corrected chi connectivity index (χ0v) is 14.1. The van der Waals surface area contributed by atoms with Crippen LogP contribution in [0.5, 0.6) is 0 Å². The second-order valence-electron chi connectivity index (χ2n) is 4.48. The molecule has 2 rings (SSSR count). The molecule has 5 heteroatoms. The van der Waals surface area contributed by atoms with Gasteiger partial charge in [0, 0.05) is 40.0 Å². The van der Waals surface area contributed by atoms with Crippen molar-refractivity contribution < 1.29 is 4.74 Å². The molecule has 0 bridgehead atoms. The van der Waals surface area contributed by atoms with E-state index in [-0.39, 0.29) is 0 Å². The van der Waals surface area contributed by atoms with Gasteiger partial charge in [-0.2, -0.15) is 0 Å². The van der Waals surface area contributed by atoms with E-state index < -0.39 is 0 Å². The third-order valence-corrected chi connectivity index (χ3v) is 4.42. The highest BCUT2D eigenvalue weighted by atomic mass is 35.5. The van der Waals surface area contributed by atoms with Gasteiger partial charge in [0.15, 0.2) is 0 Å². The third-order valence-electron chi connectivity index (χ3n) is 2.85. The molecule has 0 radical (unpaired) electrons. The Morgan fingerprint density at radius 2 is 1.90 bits per heavy atom. The Labute approximate surface area is 139 Å². The number of methoxy groups -OCH3 is 1. The number of nitrogens with one attached hydrogen (secondary N) is 1. The summed E-state index contributed by atoms with van der Waals surface area (Å²) in [4.78, 5) is 2.20. The average Bonchev–Trinajstić information content (AvgIpc) is 2.45. The molecule has 2 aromatic rings. The molecule has 0 saturated carbocycles. The van der Waals surface area contributed by atoms with Gasteiger partial charge in [0.25, 0.3) is 0 Å². The zero-order valence-electron chi connectivity index (χ0n) is 11.7. The van der Waals surface area contributed by atoms with Gasteiger partial charge in [0.2, 0.25) is 0 Å². The first kappa shape index (κ1) is 16.7. The second-order valence-corrected chi connectivity index (χ2v) is 6.47. The van der Waals surface area contributed by atoms with E-state index in [4.69, 9.17) is 27.9 Å². The van der Waals surface area contributed by atoms with Crippen LogP contribution in [0.3, 0.4) is 0 Å². The lowest BCUT2D eigenvalue weighted by atomic mass is 10.2. The Bertz CT molecular complexity index is 592. The van der Waals surface area contributed by atoms with Gasteiger partial charge in [-0.05, 0) is 35.9 Å². The second kappa shape index (κ2) is 8.66. The van der Waals surface area contributed by atoms with Crippen molar-refractivity contribution in [3.63, 3.8) is 0 Å². The Kier molecular flexibility index (Phi) is 6.87. The zero-order chi connectivity index (χ0) is 15.1. The number of rotatable bonds is 7. The van der Waals surface area contributed by atoms with E-state index in [0.29, 0.717) is 6.61 Å². The number of hydrogen-bond donors (Lipinski definition) is 1. The Morgan fingerprint density at radius 3 is 2.62 bits per heavy atom. The molecule has 21 heavy (non-hydrogen) atoms. The minimum Gasteiger partial charge on any atom is -0.383 e. The fourth-order valence-corrected chi connectivity index (χ4v) is 3.28. The average molecular weight is 342 g/mol. The van der Waals surface area contributed by atoms with Crippen molar-refractivity contribution in [2.24, 2.45) is 0 Å². The van der Waals surface area contributed by atoms with Crippen LogP contribution in [-0.2, 0) is 11.3 Å². The maximum absolute atomic E-state index is 6.33. The first-order chi connectivity index (χ1) is 10.2. The van der Waals surface area contributed by atoms with Crippen molar-refractivity contribution >= 4 is 35.0 Å². The standard InChI is InChI=1S/C16H17Cl2NOS/c1-20-8-7-19-11-12-5-6-15(10-16(12)18)21-14-4-2-3-13(17)9-14/h2-6,9-10,19H,7-8,11H2,1H3. The summed E-state index contributed by atoms with van der Waals surface area (Å²) < 4.78 is 5.00. The molecule has 0 spiro atoms. The van der Waals surface area contributed by atoms with Crippen LogP contribution in [-0.4, -0.2) is 20.3 Å². The van der Waals surface area contributed by atoms with Crippen molar-refractivity contribution in [1.29, 1.82) is 0 Å². The molecule has 2 nitrogen and oxygen atoms in total. The van der Waals surface area contributed by atoms with Crippen molar-refractivity contribution in [2.45, 2.75) is 16.3 Å². The number of hydrogen-bond acceptors (Lipinski definition) is 3. The van der Waals surface area contributed by atoms with E-state index in [1.807, 2.05) is 30.3 Å². The minimum atomic E-state index is 0.695. The number of halogens is 2. The molecule has 0 saturated heterocycles. The van der Waals surface area contributed by atoms with E-state index in [0.717, 1.165) is 38.5 Å². The lowest BCUT2D eigenvalue weighted by Crippen LogP contribution is -2.18. The minimum absolute atomic E-state index is 0.695. The highest BCUT2D eigenvalue weighted by molar-refractivity contribution is 7.99. The van der Waals surface area contributed by atoms with Gasteiger partial charge in [0.05, 0.1) is 6.61 Å². The molecule has 0 atom stereocenters. The molecule has 0 fully saturated rings. The van der Waals surface area contributed by atoms with Crippen molar-refractivity contribution in [2.75, 3.05) is 20.3 Å². The van der Waals surface area contributed by atoms with Gasteiger partial charge in [0.1, 0.15) is 0 Å². The fourth-order valence-electron chi connectivity index (χ4n) is 1.80. The van der Waals surface area contributed by atoms with Gasteiger partial charge in [-0.25, -0.2) is 0 Å². The van der Waals surface area contributed by atoms with Crippen LogP contribution in [0, 0.1) is 0 Å². The molecular weight excluding hydrogens is 325 g/mol. The first-order valence-corrected chi connectivity index (χ1v) is 8.18. The Balaban J connectivity index is 1.98. The van der Waals surface area contributed by atoms with Crippen LogP contribution in [0.4, 0.5) is 0 Å². The smallest absolute Gasteiger partial charge is 0.0587 e. The topological polar surface area (TPSA) is 21.3 Å². The summed E-state index contributed by atoms with van der Waals surface area (Å²) in [5.74, 6) is 0. The van der Waals surface area contributed by atoms with Gasteiger partial charge in [-0.15, -0.1) is 0 Å². The van der Waals surface area contributed by atoms with Gasteiger partial charge >= 0.3 is 0 Å². The SMILES string of the molecule is COCCNCc1ccc(Sc2cccc(Cl)c2)cc1Cl. The van der Waals surface area contributed by atoms with Crippen LogP contribution >= 0.6 is 35.0 Å². The van der Waals surface area contributed by atoms with Gasteiger partial charge < -0.3 is 10.1 Å². The van der Waals surface area contributed by atoms with E-state index in [1.165, 1.54) is 0 Å². The molecule has 0 amide bonds. The van der Waals surface area contributed by atoms with Crippen molar-refractivity contribution in [3.05, 3.63) is 58.1 Å². The Morgan fingerprint density at radius 1 is 1.10 bits per heavy atom. The molecular formula is C16H17Cl2NOS. The highest BCUT2D eigenvalue weighted by Crippen LogP contribution is 2.32. The monoisotopic (exact) mass is 341 g/mol. The molecule has 0 aliphatic rings.